The quantitative estimate of drug-likeness (QED) is 0.485. The van der Waals surface area contributed by atoms with Gasteiger partial charge in [0.2, 0.25) is 5.95 Å². The Morgan fingerprint density at radius 2 is 2.00 bits per heavy atom. The van der Waals surface area contributed by atoms with E-state index in [1.807, 2.05) is 31.2 Å². The Morgan fingerprint density at radius 1 is 1.12 bits per heavy atom. The number of nitrogens with zero attached hydrogens (tertiary/aromatic N) is 3. The van der Waals surface area contributed by atoms with Crippen molar-refractivity contribution in [3.05, 3.63) is 54.4 Å². The lowest BCUT2D eigenvalue weighted by atomic mass is 10.1. The molecule has 0 aliphatic heterocycles. The van der Waals surface area contributed by atoms with Crippen LogP contribution in [0.25, 0.3) is 11.3 Å². The summed E-state index contributed by atoms with van der Waals surface area (Å²) in [6, 6.07) is 12.6. The summed E-state index contributed by atoms with van der Waals surface area (Å²) in [5.74, 6) is 1.44. The minimum absolute atomic E-state index is 0.185. The van der Waals surface area contributed by atoms with Crippen molar-refractivity contribution in [2.75, 3.05) is 23.7 Å². The molecule has 7 heteroatoms. The zero-order valence-electron chi connectivity index (χ0n) is 14.6. The maximum absolute atomic E-state index is 9.59. The van der Waals surface area contributed by atoms with Crippen molar-refractivity contribution < 1.29 is 5.11 Å². The summed E-state index contributed by atoms with van der Waals surface area (Å²) in [7, 11) is 0. The first-order valence-corrected chi connectivity index (χ1v) is 8.46. The highest BCUT2D eigenvalue weighted by atomic mass is 16.3. The number of aromatic hydroxyl groups is 1. The smallest absolute Gasteiger partial charge is 0.227 e. The number of hydrogen-bond donors (Lipinski definition) is 4. The molecular weight excluding hydrogens is 328 g/mol. The van der Waals surface area contributed by atoms with Gasteiger partial charge in [-0.1, -0.05) is 6.07 Å². The van der Waals surface area contributed by atoms with Gasteiger partial charge in [-0.25, -0.2) is 15.0 Å². The van der Waals surface area contributed by atoms with Crippen LogP contribution in [-0.2, 0) is 0 Å². The Balaban J connectivity index is 1.84. The van der Waals surface area contributed by atoms with Crippen molar-refractivity contribution >= 4 is 17.5 Å². The van der Waals surface area contributed by atoms with Crippen molar-refractivity contribution in [3.8, 4) is 17.0 Å². The number of anilines is 3. The largest absolute Gasteiger partial charge is 0.508 e. The molecule has 0 saturated carbocycles. The molecule has 1 aromatic carbocycles. The number of benzene rings is 1. The van der Waals surface area contributed by atoms with Gasteiger partial charge in [0.05, 0.1) is 5.69 Å². The number of hydrogen-bond acceptors (Lipinski definition) is 7. The average Bonchev–Trinajstić information content (AvgIpc) is 2.62. The van der Waals surface area contributed by atoms with Crippen molar-refractivity contribution in [3.63, 3.8) is 0 Å². The molecule has 0 atom stereocenters. The second-order valence-electron chi connectivity index (χ2n) is 5.89. The number of phenolic OH excluding ortho intramolecular Hbond substituents is 1. The summed E-state index contributed by atoms with van der Waals surface area (Å²) in [6.45, 7) is 3.34. The molecule has 0 amide bonds. The van der Waals surface area contributed by atoms with Crippen LogP contribution in [0.2, 0.25) is 0 Å². The fourth-order valence-electron chi connectivity index (χ4n) is 2.49. The Labute approximate surface area is 152 Å². The third kappa shape index (κ3) is 4.67. The number of pyridine rings is 1. The highest BCUT2D eigenvalue weighted by molar-refractivity contribution is 5.65. The van der Waals surface area contributed by atoms with Gasteiger partial charge < -0.3 is 21.5 Å². The molecule has 2 heterocycles. The molecule has 7 nitrogen and oxygen atoms in total. The second kappa shape index (κ2) is 8.26. The molecule has 0 aliphatic rings. The van der Waals surface area contributed by atoms with Crippen LogP contribution >= 0.6 is 0 Å². The molecule has 134 valence electrons. The van der Waals surface area contributed by atoms with E-state index in [2.05, 4.69) is 25.6 Å². The van der Waals surface area contributed by atoms with Crippen LogP contribution in [0.5, 0.6) is 5.75 Å². The van der Waals surface area contributed by atoms with Crippen LogP contribution in [0.15, 0.2) is 48.7 Å². The fraction of sp³-hybridized carbons (Fsp3) is 0.211. The summed E-state index contributed by atoms with van der Waals surface area (Å²) in [5, 5.41) is 16.0. The van der Waals surface area contributed by atoms with Crippen LogP contribution < -0.4 is 16.4 Å². The van der Waals surface area contributed by atoms with E-state index >= 15 is 0 Å². The van der Waals surface area contributed by atoms with Crippen molar-refractivity contribution in [2.45, 2.75) is 13.3 Å². The zero-order valence-corrected chi connectivity index (χ0v) is 14.6. The maximum atomic E-state index is 9.59. The van der Waals surface area contributed by atoms with Crippen LogP contribution in [0.4, 0.5) is 17.5 Å². The average molecular weight is 350 g/mol. The van der Waals surface area contributed by atoms with Gasteiger partial charge >= 0.3 is 0 Å². The Kier molecular flexibility index (Phi) is 5.60. The molecule has 0 unspecified atom stereocenters. The van der Waals surface area contributed by atoms with Crippen LogP contribution in [-0.4, -0.2) is 33.1 Å². The Hall–Kier alpha value is -3.19. The summed E-state index contributed by atoms with van der Waals surface area (Å²) in [4.78, 5) is 13.3. The lowest BCUT2D eigenvalue weighted by molar-refractivity contribution is 0.475. The first-order chi connectivity index (χ1) is 12.6. The Bertz CT molecular complexity index is 883. The van der Waals surface area contributed by atoms with Crippen LogP contribution in [0.3, 0.4) is 0 Å². The standard InChI is InChI=1S/C19H22N6O/c1-13-10-17(14-6-9-22-18(11-14)21-8-3-7-20)25-19(23-13)24-15-4-2-5-16(26)12-15/h2,4-6,9-12,26H,3,7-8,20H2,1H3,(H,21,22)(H,23,24,25). The lowest BCUT2D eigenvalue weighted by Crippen LogP contribution is -2.09. The third-order valence-electron chi connectivity index (χ3n) is 3.70. The lowest BCUT2D eigenvalue weighted by Gasteiger charge is -2.10. The molecular formula is C19H22N6O. The van der Waals surface area contributed by atoms with Gasteiger partial charge in [0, 0.05) is 35.8 Å². The SMILES string of the molecule is Cc1cc(-c2ccnc(NCCCN)c2)nc(Nc2cccc(O)c2)n1. The van der Waals surface area contributed by atoms with Gasteiger partial charge in [-0.05, 0) is 50.2 Å². The second-order valence-corrected chi connectivity index (χ2v) is 5.89. The van der Waals surface area contributed by atoms with E-state index in [0.717, 1.165) is 41.4 Å². The molecule has 5 N–H and O–H groups in total. The van der Waals surface area contributed by atoms with E-state index in [9.17, 15) is 5.11 Å². The number of aryl methyl sites for hydroxylation is 1. The number of aromatic nitrogens is 3. The van der Waals surface area contributed by atoms with Gasteiger partial charge in [-0.15, -0.1) is 0 Å². The normalized spacial score (nSPS) is 10.5. The van der Waals surface area contributed by atoms with E-state index < -0.39 is 0 Å². The topological polar surface area (TPSA) is 109 Å². The Morgan fingerprint density at radius 3 is 2.81 bits per heavy atom. The number of phenols is 1. The first kappa shape index (κ1) is 17.6. The van der Waals surface area contributed by atoms with E-state index in [0.29, 0.717) is 12.5 Å². The summed E-state index contributed by atoms with van der Waals surface area (Å²) in [5.41, 5.74) is 8.82. The predicted molar refractivity (Wildman–Crippen MR) is 104 cm³/mol. The highest BCUT2D eigenvalue weighted by Gasteiger charge is 2.07. The van der Waals surface area contributed by atoms with Gasteiger partial charge in [0.15, 0.2) is 0 Å². The summed E-state index contributed by atoms with van der Waals surface area (Å²) in [6.07, 6.45) is 2.64. The van der Waals surface area contributed by atoms with Crippen LogP contribution in [0, 0.1) is 6.92 Å². The van der Waals surface area contributed by atoms with Gasteiger partial charge in [-0.2, -0.15) is 0 Å². The minimum Gasteiger partial charge on any atom is -0.508 e. The number of nitrogens with two attached hydrogens (primary N) is 1. The summed E-state index contributed by atoms with van der Waals surface area (Å²) >= 11 is 0. The van der Waals surface area contributed by atoms with E-state index in [1.165, 1.54) is 0 Å². The molecule has 0 bridgehead atoms. The molecule has 0 aliphatic carbocycles. The zero-order chi connectivity index (χ0) is 18.4. The van der Waals surface area contributed by atoms with E-state index in [-0.39, 0.29) is 5.75 Å². The number of nitrogens with one attached hydrogen (secondary N) is 2. The third-order valence-corrected chi connectivity index (χ3v) is 3.70. The molecule has 0 fully saturated rings. The summed E-state index contributed by atoms with van der Waals surface area (Å²) < 4.78 is 0. The molecule has 3 aromatic rings. The van der Waals surface area contributed by atoms with Crippen molar-refractivity contribution in [2.24, 2.45) is 5.73 Å². The first-order valence-electron chi connectivity index (χ1n) is 8.46. The van der Waals surface area contributed by atoms with Gasteiger partial charge in [0.25, 0.3) is 0 Å². The molecule has 2 aromatic heterocycles. The van der Waals surface area contributed by atoms with Gasteiger partial charge in [0.1, 0.15) is 11.6 Å². The molecule has 0 saturated heterocycles. The molecule has 0 spiro atoms. The fourth-order valence-corrected chi connectivity index (χ4v) is 2.49. The van der Waals surface area contributed by atoms with Crippen molar-refractivity contribution in [1.29, 1.82) is 0 Å². The van der Waals surface area contributed by atoms with Crippen LogP contribution in [0.1, 0.15) is 12.1 Å². The highest BCUT2D eigenvalue weighted by Crippen LogP contribution is 2.23. The minimum atomic E-state index is 0.185. The molecule has 0 radical (unpaired) electrons. The van der Waals surface area contributed by atoms with Crippen molar-refractivity contribution in [1.82, 2.24) is 15.0 Å². The molecule has 3 rings (SSSR count). The van der Waals surface area contributed by atoms with Gasteiger partial charge in [-0.3, -0.25) is 0 Å². The number of rotatable bonds is 7. The predicted octanol–water partition coefficient (Wildman–Crippen LogP) is 3.06. The maximum Gasteiger partial charge on any atom is 0.227 e. The van der Waals surface area contributed by atoms with E-state index in [1.54, 1.807) is 24.4 Å². The van der Waals surface area contributed by atoms with E-state index in [4.69, 9.17) is 5.73 Å². The molecule has 26 heavy (non-hydrogen) atoms. The monoisotopic (exact) mass is 350 g/mol.